The Bertz CT molecular complexity index is 1020. The lowest BCUT2D eigenvalue weighted by atomic mass is 9.94. The van der Waals surface area contributed by atoms with Crippen LogP contribution in [0.4, 0.5) is 0 Å². The monoisotopic (exact) mass is 403 g/mol. The maximum atomic E-state index is 12.9. The smallest absolute Gasteiger partial charge is 0.253 e. The molecule has 0 radical (unpaired) electrons. The van der Waals surface area contributed by atoms with E-state index in [-0.39, 0.29) is 11.3 Å². The van der Waals surface area contributed by atoms with Crippen molar-refractivity contribution in [2.45, 2.75) is 70.9 Å². The van der Waals surface area contributed by atoms with Crippen LogP contribution in [0.2, 0.25) is 0 Å². The Labute approximate surface area is 179 Å². The van der Waals surface area contributed by atoms with Crippen LogP contribution >= 0.6 is 0 Å². The maximum absolute atomic E-state index is 12.9. The van der Waals surface area contributed by atoms with Crippen molar-refractivity contribution in [3.63, 3.8) is 0 Å². The van der Waals surface area contributed by atoms with Crippen LogP contribution in [0, 0.1) is 0 Å². The standard InChI is InChI=1S/C26H33N3O/c1-26(2,3)25-27-22-12-8-9-13-23(22)29(25)18-19-14-16-20(17-15-19)24(30)28(4)21-10-6-5-7-11-21/h8-9,12-17,21H,5-7,10-11,18H2,1-4H3. The van der Waals surface area contributed by atoms with E-state index in [9.17, 15) is 4.79 Å². The molecule has 1 heterocycles. The first-order valence-electron chi connectivity index (χ1n) is 11.2. The Balaban J connectivity index is 1.56. The summed E-state index contributed by atoms with van der Waals surface area (Å²) in [5, 5.41) is 0. The van der Waals surface area contributed by atoms with Gasteiger partial charge in [0.25, 0.3) is 5.91 Å². The van der Waals surface area contributed by atoms with Crippen molar-refractivity contribution in [1.82, 2.24) is 14.5 Å². The van der Waals surface area contributed by atoms with Crippen LogP contribution in [-0.4, -0.2) is 33.4 Å². The molecular formula is C26H33N3O. The number of aromatic nitrogens is 2. The number of fused-ring (bicyclic) bond motifs is 1. The Kier molecular flexibility index (Phi) is 5.68. The Morgan fingerprint density at radius 1 is 1.03 bits per heavy atom. The van der Waals surface area contributed by atoms with E-state index in [0.29, 0.717) is 6.04 Å². The molecule has 4 heteroatoms. The van der Waals surface area contributed by atoms with Gasteiger partial charge in [0.15, 0.2) is 0 Å². The van der Waals surface area contributed by atoms with E-state index in [2.05, 4.69) is 55.7 Å². The summed E-state index contributed by atoms with van der Waals surface area (Å²) >= 11 is 0. The second-order valence-electron chi connectivity index (χ2n) is 9.67. The zero-order chi connectivity index (χ0) is 21.3. The summed E-state index contributed by atoms with van der Waals surface area (Å²) in [5.74, 6) is 1.22. The molecule has 4 nitrogen and oxygen atoms in total. The molecule has 0 N–H and O–H groups in total. The molecule has 0 saturated heterocycles. The van der Waals surface area contributed by atoms with Gasteiger partial charge in [0.2, 0.25) is 0 Å². The number of benzene rings is 2. The molecule has 1 amide bonds. The third-order valence-electron chi connectivity index (χ3n) is 6.31. The van der Waals surface area contributed by atoms with Gasteiger partial charge in [-0.2, -0.15) is 0 Å². The minimum absolute atomic E-state index is 0.0440. The number of carbonyl (C=O) groups excluding carboxylic acids is 1. The third kappa shape index (κ3) is 4.14. The Morgan fingerprint density at radius 3 is 2.37 bits per heavy atom. The molecule has 4 rings (SSSR count). The number of nitrogens with zero attached hydrogens (tertiary/aromatic N) is 3. The molecule has 1 fully saturated rings. The fraction of sp³-hybridized carbons (Fsp3) is 0.462. The van der Waals surface area contributed by atoms with Gasteiger partial charge in [-0.25, -0.2) is 4.98 Å². The zero-order valence-corrected chi connectivity index (χ0v) is 18.7. The number of carbonyl (C=O) groups is 1. The average molecular weight is 404 g/mol. The van der Waals surface area contributed by atoms with Gasteiger partial charge in [-0.1, -0.05) is 64.3 Å². The van der Waals surface area contributed by atoms with E-state index >= 15 is 0 Å². The highest BCUT2D eigenvalue weighted by Gasteiger charge is 2.24. The maximum Gasteiger partial charge on any atom is 0.253 e. The molecule has 0 aliphatic heterocycles. The van der Waals surface area contributed by atoms with Crippen molar-refractivity contribution in [2.75, 3.05) is 7.05 Å². The van der Waals surface area contributed by atoms with Gasteiger partial charge in [-0.3, -0.25) is 4.79 Å². The molecule has 158 valence electrons. The van der Waals surface area contributed by atoms with Crippen molar-refractivity contribution in [1.29, 1.82) is 0 Å². The Morgan fingerprint density at radius 2 is 1.70 bits per heavy atom. The fourth-order valence-corrected chi connectivity index (χ4v) is 4.58. The van der Waals surface area contributed by atoms with E-state index in [1.807, 2.05) is 30.1 Å². The van der Waals surface area contributed by atoms with E-state index in [1.165, 1.54) is 24.8 Å². The van der Waals surface area contributed by atoms with Crippen LogP contribution in [0.25, 0.3) is 11.0 Å². The quantitative estimate of drug-likeness (QED) is 0.553. The van der Waals surface area contributed by atoms with E-state index in [4.69, 9.17) is 4.98 Å². The molecule has 1 aliphatic carbocycles. The third-order valence-corrected chi connectivity index (χ3v) is 6.31. The molecular weight excluding hydrogens is 370 g/mol. The number of amides is 1. The van der Waals surface area contributed by atoms with Gasteiger partial charge in [-0.05, 0) is 42.7 Å². The first-order chi connectivity index (χ1) is 14.3. The normalized spacial score (nSPS) is 15.5. The molecule has 1 aromatic heterocycles. The van der Waals surface area contributed by atoms with E-state index in [0.717, 1.165) is 41.8 Å². The van der Waals surface area contributed by atoms with Gasteiger partial charge >= 0.3 is 0 Å². The summed E-state index contributed by atoms with van der Waals surface area (Å²) in [7, 11) is 1.96. The van der Waals surface area contributed by atoms with Gasteiger partial charge in [0, 0.05) is 30.6 Å². The lowest BCUT2D eigenvalue weighted by Crippen LogP contribution is -2.38. The predicted octanol–water partition coefficient (Wildman–Crippen LogP) is 5.79. The molecule has 3 aromatic rings. The van der Waals surface area contributed by atoms with Crippen LogP contribution in [0.15, 0.2) is 48.5 Å². The Hall–Kier alpha value is -2.62. The number of hydrogen-bond acceptors (Lipinski definition) is 2. The highest BCUT2D eigenvalue weighted by Crippen LogP contribution is 2.27. The highest BCUT2D eigenvalue weighted by molar-refractivity contribution is 5.94. The minimum Gasteiger partial charge on any atom is -0.339 e. The van der Waals surface area contributed by atoms with Gasteiger partial charge in [0.05, 0.1) is 11.0 Å². The molecule has 30 heavy (non-hydrogen) atoms. The molecule has 1 aliphatic rings. The van der Waals surface area contributed by atoms with Crippen molar-refractivity contribution < 1.29 is 4.79 Å². The van der Waals surface area contributed by atoms with Gasteiger partial charge in [0.1, 0.15) is 5.82 Å². The van der Waals surface area contributed by atoms with Gasteiger partial charge < -0.3 is 9.47 Å². The summed E-state index contributed by atoms with van der Waals surface area (Å²) in [5.41, 5.74) is 4.10. The summed E-state index contributed by atoms with van der Waals surface area (Å²) < 4.78 is 2.31. The van der Waals surface area contributed by atoms with Gasteiger partial charge in [-0.15, -0.1) is 0 Å². The largest absolute Gasteiger partial charge is 0.339 e. The van der Waals surface area contributed by atoms with E-state index in [1.54, 1.807) is 0 Å². The van der Waals surface area contributed by atoms with Crippen molar-refractivity contribution in [2.24, 2.45) is 0 Å². The number of imidazole rings is 1. The summed E-state index contributed by atoms with van der Waals surface area (Å²) in [4.78, 5) is 19.8. The van der Waals surface area contributed by atoms with Crippen molar-refractivity contribution in [3.05, 3.63) is 65.5 Å². The van der Waals surface area contributed by atoms with Crippen molar-refractivity contribution >= 4 is 16.9 Å². The first kappa shape index (κ1) is 20.6. The molecule has 0 atom stereocenters. The second kappa shape index (κ2) is 8.25. The molecule has 2 aromatic carbocycles. The average Bonchev–Trinajstić information content (AvgIpc) is 3.13. The zero-order valence-electron chi connectivity index (χ0n) is 18.7. The highest BCUT2D eigenvalue weighted by atomic mass is 16.2. The lowest BCUT2D eigenvalue weighted by molar-refractivity contribution is 0.0696. The van der Waals surface area contributed by atoms with Crippen LogP contribution < -0.4 is 0 Å². The lowest BCUT2D eigenvalue weighted by Gasteiger charge is -2.31. The molecule has 1 saturated carbocycles. The predicted molar refractivity (Wildman–Crippen MR) is 123 cm³/mol. The molecule has 0 bridgehead atoms. The van der Waals surface area contributed by atoms with Crippen LogP contribution in [0.5, 0.6) is 0 Å². The SMILES string of the molecule is CN(C(=O)c1ccc(Cn2c(C(C)(C)C)nc3ccccc32)cc1)C1CCCCC1. The van der Waals surface area contributed by atoms with Crippen LogP contribution in [0.1, 0.15) is 74.6 Å². The fourth-order valence-electron chi connectivity index (χ4n) is 4.58. The topological polar surface area (TPSA) is 38.1 Å². The molecule has 0 unspecified atom stereocenters. The second-order valence-corrected chi connectivity index (χ2v) is 9.67. The summed E-state index contributed by atoms with van der Waals surface area (Å²) in [6.45, 7) is 7.36. The number of rotatable bonds is 4. The summed E-state index contributed by atoms with van der Waals surface area (Å²) in [6.07, 6.45) is 6.02. The molecule has 0 spiro atoms. The van der Waals surface area contributed by atoms with Crippen LogP contribution in [-0.2, 0) is 12.0 Å². The number of hydrogen-bond donors (Lipinski definition) is 0. The minimum atomic E-state index is -0.0440. The number of para-hydroxylation sites is 2. The summed E-state index contributed by atoms with van der Waals surface area (Å²) in [6, 6.07) is 16.8. The van der Waals surface area contributed by atoms with Crippen LogP contribution in [0.3, 0.4) is 0 Å². The van der Waals surface area contributed by atoms with Crippen molar-refractivity contribution in [3.8, 4) is 0 Å². The first-order valence-corrected chi connectivity index (χ1v) is 11.2. The van der Waals surface area contributed by atoms with E-state index < -0.39 is 0 Å².